The standard InChI is InChI=1S/C22H20F3N5O2/c23-22(24,25)32-17-3-1-15(2-4-17)19-18-7-10-30(16-5-8-26-9-6-16)20(18)28-21(27-19)29-11-13-31-14-12-29/h1-6,8-9H,7,10-14H2. The maximum absolute atomic E-state index is 12.5. The zero-order valence-corrected chi connectivity index (χ0v) is 17.0. The molecule has 10 heteroatoms. The summed E-state index contributed by atoms with van der Waals surface area (Å²) >= 11 is 0. The van der Waals surface area contributed by atoms with Gasteiger partial charge < -0.3 is 19.3 Å². The Balaban J connectivity index is 1.57. The van der Waals surface area contributed by atoms with E-state index in [9.17, 15) is 13.2 Å². The molecule has 166 valence electrons. The number of halogens is 3. The van der Waals surface area contributed by atoms with Gasteiger partial charge in [-0.3, -0.25) is 4.98 Å². The lowest BCUT2D eigenvalue weighted by Crippen LogP contribution is -2.37. The van der Waals surface area contributed by atoms with Gasteiger partial charge in [-0.15, -0.1) is 13.2 Å². The number of pyridine rings is 1. The minimum absolute atomic E-state index is 0.265. The highest BCUT2D eigenvalue weighted by molar-refractivity contribution is 5.77. The summed E-state index contributed by atoms with van der Waals surface area (Å²) < 4.78 is 47.1. The summed E-state index contributed by atoms with van der Waals surface area (Å²) in [7, 11) is 0. The van der Waals surface area contributed by atoms with Gasteiger partial charge in [0, 0.05) is 48.8 Å². The number of aromatic nitrogens is 3. The first-order valence-corrected chi connectivity index (χ1v) is 10.3. The first-order chi connectivity index (χ1) is 15.5. The third-order valence-electron chi connectivity index (χ3n) is 5.44. The number of nitrogens with zero attached hydrogens (tertiary/aromatic N) is 5. The van der Waals surface area contributed by atoms with Crippen LogP contribution in [-0.2, 0) is 11.2 Å². The Labute approximate surface area is 182 Å². The highest BCUT2D eigenvalue weighted by Gasteiger charge is 2.32. The van der Waals surface area contributed by atoms with Crippen LogP contribution in [-0.4, -0.2) is 54.2 Å². The Kier molecular flexibility index (Phi) is 5.30. The number of morpholine rings is 1. The number of hydrogen-bond acceptors (Lipinski definition) is 7. The predicted octanol–water partition coefficient (Wildman–Crippen LogP) is 3.97. The van der Waals surface area contributed by atoms with Gasteiger partial charge in [0.1, 0.15) is 11.6 Å². The lowest BCUT2D eigenvalue weighted by molar-refractivity contribution is -0.274. The first-order valence-electron chi connectivity index (χ1n) is 10.3. The quantitative estimate of drug-likeness (QED) is 0.605. The molecule has 0 spiro atoms. The molecular formula is C22H20F3N5O2. The van der Waals surface area contributed by atoms with Crippen LogP contribution >= 0.6 is 0 Å². The Morgan fingerprint density at radius 1 is 0.906 bits per heavy atom. The van der Waals surface area contributed by atoms with Crippen molar-refractivity contribution in [2.24, 2.45) is 0 Å². The van der Waals surface area contributed by atoms with Crippen LogP contribution in [0.25, 0.3) is 11.3 Å². The van der Waals surface area contributed by atoms with E-state index in [1.807, 2.05) is 12.1 Å². The van der Waals surface area contributed by atoms with Gasteiger partial charge in [-0.05, 0) is 42.8 Å². The van der Waals surface area contributed by atoms with Gasteiger partial charge in [0.25, 0.3) is 0 Å². The maximum atomic E-state index is 12.5. The van der Waals surface area contributed by atoms with Gasteiger partial charge in [0.2, 0.25) is 5.95 Å². The lowest BCUT2D eigenvalue weighted by Gasteiger charge is -2.28. The van der Waals surface area contributed by atoms with Gasteiger partial charge in [0.05, 0.1) is 18.9 Å². The highest BCUT2D eigenvalue weighted by atomic mass is 19.4. The van der Waals surface area contributed by atoms with Gasteiger partial charge in [0.15, 0.2) is 0 Å². The highest BCUT2D eigenvalue weighted by Crippen LogP contribution is 2.39. The number of alkyl halides is 3. The molecule has 0 amide bonds. The Hall–Kier alpha value is -3.40. The third kappa shape index (κ3) is 4.18. The van der Waals surface area contributed by atoms with Crippen molar-refractivity contribution < 1.29 is 22.6 Å². The second-order valence-electron chi connectivity index (χ2n) is 7.45. The monoisotopic (exact) mass is 443 g/mol. The summed E-state index contributed by atoms with van der Waals surface area (Å²) in [5.74, 6) is 1.12. The van der Waals surface area contributed by atoms with Crippen molar-refractivity contribution in [1.82, 2.24) is 15.0 Å². The molecule has 0 atom stereocenters. The topological polar surface area (TPSA) is 63.6 Å². The van der Waals surface area contributed by atoms with Crippen LogP contribution in [0.5, 0.6) is 5.75 Å². The molecule has 0 unspecified atom stereocenters. The molecule has 0 saturated carbocycles. The maximum Gasteiger partial charge on any atom is 0.573 e. The summed E-state index contributed by atoms with van der Waals surface area (Å²) in [5, 5.41) is 0. The van der Waals surface area contributed by atoms with Gasteiger partial charge in [-0.2, -0.15) is 4.98 Å². The number of rotatable bonds is 4. The normalized spacial score (nSPS) is 16.2. The van der Waals surface area contributed by atoms with Crippen LogP contribution in [0.3, 0.4) is 0 Å². The van der Waals surface area contributed by atoms with Crippen LogP contribution in [0, 0.1) is 0 Å². The summed E-state index contributed by atoms with van der Waals surface area (Å²) in [6.07, 6.45) is -0.543. The summed E-state index contributed by atoms with van der Waals surface area (Å²) in [6.45, 7) is 3.25. The van der Waals surface area contributed by atoms with Gasteiger partial charge >= 0.3 is 6.36 Å². The molecule has 7 nitrogen and oxygen atoms in total. The fraction of sp³-hybridized carbons (Fsp3) is 0.318. The fourth-order valence-electron chi connectivity index (χ4n) is 3.98. The average molecular weight is 443 g/mol. The van der Waals surface area contributed by atoms with Crippen molar-refractivity contribution in [2.75, 3.05) is 42.6 Å². The molecule has 0 radical (unpaired) electrons. The van der Waals surface area contributed by atoms with Crippen LogP contribution in [0.2, 0.25) is 0 Å². The van der Waals surface area contributed by atoms with Crippen molar-refractivity contribution >= 4 is 17.5 Å². The van der Waals surface area contributed by atoms with E-state index in [0.717, 1.165) is 30.0 Å². The molecule has 1 fully saturated rings. The smallest absolute Gasteiger partial charge is 0.406 e. The fourth-order valence-corrected chi connectivity index (χ4v) is 3.98. The molecule has 3 aromatic rings. The molecule has 0 bridgehead atoms. The Morgan fingerprint density at radius 2 is 1.62 bits per heavy atom. The van der Waals surface area contributed by atoms with Gasteiger partial charge in [-0.25, -0.2) is 4.98 Å². The molecule has 5 rings (SSSR count). The van der Waals surface area contributed by atoms with E-state index in [-0.39, 0.29) is 5.75 Å². The number of benzene rings is 1. The van der Waals surface area contributed by atoms with E-state index in [1.165, 1.54) is 12.1 Å². The third-order valence-corrected chi connectivity index (χ3v) is 5.44. The molecule has 2 aliphatic heterocycles. The van der Waals surface area contributed by atoms with Crippen LogP contribution in [0.1, 0.15) is 5.56 Å². The number of fused-ring (bicyclic) bond motifs is 1. The molecule has 32 heavy (non-hydrogen) atoms. The summed E-state index contributed by atoms with van der Waals surface area (Å²) in [4.78, 5) is 18.0. The number of ether oxygens (including phenoxy) is 2. The molecule has 1 saturated heterocycles. The van der Waals surface area contributed by atoms with Crippen molar-refractivity contribution in [1.29, 1.82) is 0 Å². The van der Waals surface area contributed by atoms with E-state index in [4.69, 9.17) is 14.7 Å². The molecular weight excluding hydrogens is 423 g/mol. The summed E-state index contributed by atoms with van der Waals surface area (Å²) in [5.41, 5.74) is 3.37. The summed E-state index contributed by atoms with van der Waals surface area (Å²) in [6, 6.07) is 9.66. The van der Waals surface area contributed by atoms with Crippen LogP contribution < -0.4 is 14.5 Å². The molecule has 2 aromatic heterocycles. The molecule has 0 N–H and O–H groups in total. The van der Waals surface area contributed by atoms with Crippen LogP contribution in [0.4, 0.5) is 30.6 Å². The second-order valence-corrected chi connectivity index (χ2v) is 7.45. The van der Waals surface area contributed by atoms with E-state index in [2.05, 4.69) is 19.5 Å². The average Bonchev–Trinajstić information content (AvgIpc) is 3.23. The van der Waals surface area contributed by atoms with Crippen molar-refractivity contribution in [2.45, 2.75) is 12.8 Å². The second kappa shape index (κ2) is 8.27. The number of anilines is 3. The zero-order valence-electron chi connectivity index (χ0n) is 17.0. The molecule has 0 aliphatic carbocycles. The van der Waals surface area contributed by atoms with Crippen molar-refractivity contribution in [3.63, 3.8) is 0 Å². The minimum Gasteiger partial charge on any atom is -0.406 e. The van der Waals surface area contributed by atoms with E-state index in [1.54, 1.807) is 24.5 Å². The van der Waals surface area contributed by atoms with Crippen molar-refractivity contribution in [3.05, 3.63) is 54.4 Å². The molecule has 1 aromatic carbocycles. The van der Waals surface area contributed by atoms with Gasteiger partial charge in [-0.1, -0.05) is 0 Å². The molecule has 2 aliphatic rings. The predicted molar refractivity (Wildman–Crippen MR) is 112 cm³/mol. The SMILES string of the molecule is FC(F)(F)Oc1ccc(-c2nc(N3CCOCC3)nc3c2CCN3c2ccncc2)cc1. The first kappa shape index (κ1) is 20.5. The van der Waals surface area contributed by atoms with E-state index < -0.39 is 6.36 Å². The van der Waals surface area contributed by atoms with E-state index >= 15 is 0 Å². The van der Waals surface area contributed by atoms with Crippen molar-refractivity contribution in [3.8, 4) is 17.0 Å². The minimum atomic E-state index is -4.73. The Bertz CT molecular complexity index is 1090. The van der Waals surface area contributed by atoms with E-state index in [0.29, 0.717) is 43.5 Å². The zero-order chi connectivity index (χ0) is 22.1. The lowest BCUT2D eigenvalue weighted by atomic mass is 10.1. The number of hydrogen-bond donors (Lipinski definition) is 0. The Morgan fingerprint density at radius 3 is 2.31 bits per heavy atom. The molecule has 4 heterocycles. The van der Waals surface area contributed by atoms with Crippen LogP contribution in [0.15, 0.2) is 48.8 Å². The largest absolute Gasteiger partial charge is 0.573 e.